The highest BCUT2D eigenvalue weighted by Crippen LogP contribution is 2.54. The van der Waals surface area contributed by atoms with Crippen molar-refractivity contribution < 1.29 is 14.3 Å². The Bertz CT molecular complexity index is 687. The van der Waals surface area contributed by atoms with E-state index in [1.165, 1.54) is 0 Å². The van der Waals surface area contributed by atoms with E-state index in [0.717, 1.165) is 36.2 Å². The van der Waals surface area contributed by atoms with Crippen LogP contribution in [0, 0.1) is 12.8 Å². The van der Waals surface area contributed by atoms with Crippen LogP contribution in [0.15, 0.2) is 18.2 Å². The summed E-state index contributed by atoms with van der Waals surface area (Å²) >= 11 is 0. The first-order valence-electron chi connectivity index (χ1n) is 8.44. The zero-order chi connectivity index (χ0) is 16.2. The number of amides is 1. The Morgan fingerprint density at radius 3 is 3.09 bits per heavy atom. The molecule has 3 atom stereocenters. The summed E-state index contributed by atoms with van der Waals surface area (Å²) in [5, 5.41) is 3.07. The molecule has 2 saturated heterocycles. The Morgan fingerprint density at radius 1 is 1.48 bits per heavy atom. The van der Waals surface area contributed by atoms with E-state index < -0.39 is 5.54 Å². The van der Waals surface area contributed by atoms with Gasteiger partial charge in [0.1, 0.15) is 5.54 Å². The van der Waals surface area contributed by atoms with E-state index in [2.05, 4.69) is 10.2 Å². The van der Waals surface area contributed by atoms with Crippen molar-refractivity contribution in [1.29, 1.82) is 0 Å². The fraction of sp³-hybridized carbons (Fsp3) is 0.556. The number of hydrogen-bond acceptors (Lipinski definition) is 4. The predicted molar refractivity (Wildman–Crippen MR) is 86.0 cm³/mol. The van der Waals surface area contributed by atoms with Gasteiger partial charge in [0, 0.05) is 17.3 Å². The first kappa shape index (κ1) is 14.7. The number of nitrogens with one attached hydrogen (secondary N) is 1. The third-order valence-corrected chi connectivity index (χ3v) is 5.69. The molecule has 0 saturated carbocycles. The van der Waals surface area contributed by atoms with Gasteiger partial charge in [-0.15, -0.1) is 0 Å². The average Bonchev–Trinajstić information content (AvgIpc) is 3.17. The van der Waals surface area contributed by atoms with E-state index in [-0.39, 0.29) is 23.8 Å². The lowest BCUT2D eigenvalue weighted by Gasteiger charge is -2.32. The van der Waals surface area contributed by atoms with Gasteiger partial charge in [-0.25, -0.2) is 0 Å². The van der Waals surface area contributed by atoms with Crippen LogP contribution in [0.3, 0.4) is 0 Å². The Morgan fingerprint density at radius 2 is 2.30 bits per heavy atom. The van der Waals surface area contributed by atoms with E-state index in [4.69, 9.17) is 4.74 Å². The minimum atomic E-state index is -0.694. The molecule has 1 spiro atoms. The molecule has 0 aromatic heterocycles. The predicted octanol–water partition coefficient (Wildman–Crippen LogP) is 2.19. The third kappa shape index (κ3) is 1.83. The Hall–Kier alpha value is -1.88. The topological polar surface area (TPSA) is 58.6 Å². The number of nitrogens with zero attached hydrogens (tertiary/aromatic N) is 1. The summed E-state index contributed by atoms with van der Waals surface area (Å²) in [7, 11) is 0. The van der Waals surface area contributed by atoms with Crippen molar-refractivity contribution in [2.75, 3.05) is 18.5 Å². The Labute approximate surface area is 136 Å². The van der Waals surface area contributed by atoms with Crippen LogP contribution in [-0.2, 0) is 19.9 Å². The maximum absolute atomic E-state index is 13.0. The first-order chi connectivity index (χ1) is 11.1. The molecule has 5 heteroatoms. The molecule has 0 unspecified atom stereocenters. The van der Waals surface area contributed by atoms with Gasteiger partial charge in [0.15, 0.2) is 0 Å². The smallest absolute Gasteiger partial charge is 0.310 e. The van der Waals surface area contributed by atoms with E-state index >= 15 is 0 Å². The molecule has 122 valence electrons. The molecule has 0 aliphatic carbocycles. The monoisotopic (exact) mass is 314 g/mol. The SMILES string of the molecule is CCOC(=O)[C@H]1C[C@@]2(C(=O)Nc3c(C)cccc32)N2CCC[C@@H]12. The highest BCUT2D eigenvalue weighted by molar-refractivity contribution is 6.07. The van der Waals surface area contributed by atoms with Crippen LogP contribution in [-0.4, -0.2) is 36.0 Å². The van der Waals surface area contributed by atoms with E-state index in [1.54, 1.807) is 0 Å². The molecule has 2 fully saturated rings. The van der Waals surface area contributed by atoms with Gasteiger partial charge in [0.25, 0.3) is 0 Å². The number of benzene rings is 1. The maximum atomic E-state index is 13.0. The Kier molecular flexibility index (Phi) is 3.23. The zero-order valence-corrected chi connectivity index (χ0v) is 13.6. The lowest BCUT2D eigenvalue weighted by molar-refractivity contribution is -0.148. The number of anilines is 1. The van der Waals surface area contributed by atoms with E-state index in [0.29, 0.717) is 13.0 Å². The van der Waals surface area contributed by atoms with E-state index in [9.17, 15) is 9.59 Å². The molecule has 1 aromatic rings. The summed E-state index contributed by atoms with van der Waals surface area (Å²) in [6, 6.07) is 6.16. The fourth-order valence-corrected chi connectivity index (χ4v) is 4.75. The van der Waals surface area contributed by atoms with Crippen LogP contribution in [0.4, 0.5) is 5.69 Å². The van der Waals surface area contributed by atoms with Crippen LogP contribution in [0.1, 0.15) is 37.3 Å². The van der Waals surface area contributed by atoms with Crippen molar-refractivity contribution in [2.45, 2.75) is 44.7 Å². The lowest BCUT2D eigenvalue weighted by atomic mass is 9.84. The van der Waals surface area contributed by atoms with Gasteiger partial charge in [0.05, 0.1) is 12.5 Å². The number of rotatable bonds is 2. The molecule has 1 N–H and O–H groups in total. The molecule has 23 heavy (non-hydrogen) atoms. The summed E-state index contributed by atoms with van der Waals surface area (Å²) in [6.45, 7) is 5.09. The van der Waals surface area contributed by atoms with Crippen molar-refractivity contribution in [1.82, 2.24) is 4.90 Å². The normalized spacial score (nSPS) is 32.0. The number of esters is 1. The lowest BCUT2D eigenvalue weighted by Crippen LogP contribution is -2.47. The maximum Gasteiger partial charge on any atom is 0.310 e. The highest BCUT2D eigenvalue weighted by Gasteiger charge is 2.63. The second kappa shape index (κ2) is 5.06. The van der Waals surface area contributed by atoms with Crippen LogP contribution in [0.5, 0.6) is 0 Å². The minimum absolute atomic E-state index is 0.0144. The third-order valence-electron chi connectivity index (χ3n) is 5.69. The van der Waals surface area contributed by atoms with E-state index in [1.807, 2.05) is 32.0 Å². The second-order valence-electron chi connectivity index (χ2n) is 6.78. The van der Waals surface area contributed by atoms with Gasteiger partial charge < -0.3 is 10.1 Å². The summed E-state index contributed by atoms with van der Waals surface area (Å²) in [5.74, 6) is -0.356. The number of aryl methyl sites for hydroxylation is 1. The number of hydrogen-bond donors (Lipinski definition) is 1. The number of para-hydroxylation sites is 1. The summed E-state index contributed by atoms with van der Waals surface area (Å²) in [4.78, 5) is 27.7. The summed E-state index contributed by atoms with van der Waals surface area (Å²) in [6.07, 6.45) is 2.51. The van der Waals surface area contributed by atoms with Gasteiger partial charge in [-0.2, -0.15) is 0 Å². The zero-order valence-electron chi connectivity index (χ0n) is 13.6. The standard InChI is InChI=1S/C18H22N2O3/c1-3-23-16(21)12-10-18(20-9-5-8-14(12)20)13-7-4-6-11(2)15(13)19-17(18)22/h4,6-7,12,14H,3,5,8-10H2,1-2H3,(H,19,22)/t12-,14-,18+/m0/s1. The van der Waals surface area contributed by atoms with Crippen LogP contribution in [0.2, 0.25) is 0 Å². The Balaban J connectivity index is 1.81. The number of carbonyl (C=O) groups is 2. The molecular formula is C18H22N2O3. The highest BCUT2D eigenvalue weighted by atomic mass is 16.5. The molecule has 1 aromatic carbocycles. The van der Waals surface area contributed by atoms with Crippen molar-refractivity contribution in [3.63, 3.8) is 0 Å². The van der Waals surface area contributed by atoms with Crippen molar-refractivity contribution >= 4 is 17.6 Å². The molecule has 4 rings (SSSR count). The molecule has 3 heterocycles. The van der Waals surface area contributed by atoms with Gasteiger partial charge in [-0.05, 0) is 45.2 Å². The largest absolute Gasteiger partial charge is 0.466 e. The van der Waals surface area contributed by atoms with Gasteiger partial charge in [0.2, 0.25) is 5.91 Å². The molecule has 3 aliphatic heterocycles. The van der Waals surface area contributed by atoms with Gasteiger partial charge in [-0.3, -0.25) is 14.5 Å². The molecule has 0 bridgehead atoms. The van der Waals surface area contributed by atoms with Gasteiger partial charge >= 0.3 is 5.97 Å². The number of fused-ring (bicyclic) bond motifs is 4. The van der Waals surface area contributed by atoms with Crippen LogP contribution in [0.25, 0.3) is 0 Å². The van der Waals surface area contributed by atoms with Crippen LogP contribution >= 0.6 is 0 Å². The van der Waals surface area contributed by atoms with Crippen molar-refractivity contribution in [3.8, 4) is 0 Å². The van der Waals surface area contributed by atoms with Crippen molar-refractivity contribution in [3.05, 3.63) is 29.3 Å². The fourth-order valence-electron chi connectivity index (χ4n) is 4.75. The second-order valence-corrected chi connectivity index (χ2v) is 6.78. The number of ether oxygens (including phenoxy) is 1. The molecular weight excluding hydrogens is 292 g/mol. The summed E-state index contributed by atoms with van der Waals surface area (Å²) < 4.78 is 5.29. The quantitative estimate of drug-likeness (QED) is 0.850. The minimum Gasteiger partial charge on any atom is -0.466 e. The molecule has 5 nitrogen and oxygen atoms in total. The number of carbonyl (C=O) groups excluding carboxylic acids is 2. The first-order valence-corrected chi connectivity index (χ1v) is 8.44. The van der Waals surface area contributed by atoms with Crippen LogP contribution < -0.4 is 5.32 Å². The van der Waals surface area contributed by atoms with Gasteiger partial charge in [-0.1, -0.05) is 18.2 Å². The summed E-state index contributed by atoms with van der Waals surface area (Å²) in [5.41, 5.74) is 2.33. The average molecular weight is 314 g/mol. The molecule has 1 amide bonds. The molecule has 0 radical (unpaired) electrons. The van der Waals surface area contributed by atoms with Crippen molar-refractivity contribution in [2.24, 2.45) is 5.92 Å². The molecule has 3 aliphatic rings.